The Kier molecular flexibility index (Phi) is 7.60. The van der Waals surface area contributed by atoms with Gasteiger partial charge in [-0.2, -0.15) is 0 Å². The number of aromatic nitrogens is 2. The topological polar surface area (TPSA) is 50.3 Å². The largest absolute Gasteiger partial charge is 0.489 e. The van der Waals surface area contributed by atoms with Crippen molar-refractivity contribution in [2.24, 2.45) is 5.92 Å². The Hall–Kier alpha value is -2.22. The predicted molar refractivity (Wildman–Crippen MR) is 129 cm³/mol. The SMILES string of the molecule is CC(C)CNCc1nnc(-c2ccc(N3CCC(Oc4cc(F)ccc4Cl)CC3)cc2)s1. The number of piperidine rings is 1. The van der Waals surface area contributed by atoms with Gasteiger partial charge in [0.2, 0.25) is 0 Å². The summed E-state index contributed by atoms with van der Waals surface area (Å²) in [6.07, 6.45) is 1.75. The summed E-state index contributed by atoms with van der Waals surface area (Å²) in [4.78, 5) is 2.35. The maximum absolute atomic E-state index is 13.5. The van der Waals surface area contributed by atoms with E-state index in [0.29, 0.717) is 16.7 Å². The molecule has 1 saturated heterocycles. The second kappa shape index (κ2) is 10.6. The molecule has 32 heavy (non-hydrogen) atoms. The van der Waals surface area contributed by atoms with Crippen LogP contribution in [0.2, 0.25) is 5.02 Å². The average molecular weight is 475 g/mol. The normalized spacial score (nSPS) is 14.8. The second-order valence-corrected chi connectivity index (χ2v) is 9.92. The summed E-state index contributed by atoms with van der Waals surface area (Å²) in [5.41, 5.74) is 2.26. The second-order valence-electron chi connectivity index (χ2n) is 8.45. The molecule has 1 aliphatic heterocycles. The molecule has 0 aliphatic carbocycles. The van der Waals surface area contributed by atoms with Crippen LogP contribution in [0.3, 0.4) is 0 Å². The first-order chi connectivity index (χ1) is 15.5. The van der Waals surface area contributed by atoms with Crippen molar-refractivity contribution in [1.82, 2.24) is 15.5 Å². The van der Waals surface area contributed by atoms with Gasteiger partial charge in [-0.1, -0.05) is 36.8 Å². The van der Waals surface area contributed by atoms with E-state index in [2.05, 4.69) is 58.5 Å². The number of nitrogens with zero attached hydrogens (tertiary/aromatic N) is 3. The van der Waals surface area contributed by atoms with E-state index in [-0.39, 0.29) is 11.9 Å². The molecule has 2 aromatic carbocycles. The van der Waals surface area contributed by atoms with Crippen LogP contribution in [0, 0.1) is 11.7 Å². The fourth-order valence-corrected chi connectivity index (χ4v) is 4.68. The molecule has 0 radical (unpaired) electrons. The van der Waals surface area contributed by atoms with Crippen LogP contribution < -0.4 is 15.0 Å². The Morgan fingerprint density at radius 1 is 1.16 bits per heavy atom. The Bertz CT molecular complexity index is 1020. The zero-order valence-electron chi connectivity index (χ0n) is 18.4. The molecule has 1 aliphatic rings. The summed E-state index contributed by atoms with van der Waals surface area (Å²) < 4.78 is 19.4. The molecule has 2 heterocycles. The van der Waals surface area contributed by atoms with Crippen molar-refractivity contribution in [1.29, 1.82) is 0 Å². The Balaban J connectivity index is 1.30. The number of nitrogens with one attached hydrogen (secondary N) is 1. The van der Waals surface area contributed by atoms with Crippen LogP contribution in [-0.4, -0.2) is 35.9 Å². The summed E-state index contributed by atoms with van der Waals surface area (Å²) >= 11 is 7.76. The fourth-order valence-electron chi connectivity index (χ4n) is 3.70. The minimum Gasteiger partial charge on any atom is -0.489 e. The molecule has 0 spiro atoms. The third-order valence-corrected chi connectivity index (χ3v) is 6.69. The van der Waals surface area contributed by atoms with E-state index in [0.717, 1.165) is 54.6 Å². The molecule has 0 unspecified atom stereocenters. The highest BCUT2D eigenvalue weighted by molar-refractivity contribution is 7.14. The lowest BCUT2D eigenvalue weighted by molar-refractivity contribution is 0.170. The lowest BCUT2D eigenvalue weighted by atomic mass is 10.1. The van der Waals surface area contributed by atoms with Gasteiger partial charge in [0.25, 0.3) is 0 Å². The Morgan fingerprint density at radius 2 is 1.91 bits per heavy atom. The van der Waals surface area contributed by atoms with Crippen LogP contribution in [0.15, 0.2) is 42.5 Å². The van der Waals surface area contributed by atoms with Gasteiger partial charge >= 0.3 is 0 Å². The number of halogens is 2. The van der Waals surface area contributed by atoms with Gasteiger partial charge in [0.05, 0.1) is 5.02 Å². The molecule has 0 atom stereocenters. The molecule has 0 saturated carbocycles. The van der Waals surface area contributed by atoms with E-state index >= 15 is 0 Å². The van der Waals surface area contributed by atoms with E-state index in [4.69, 9.17) is 16.3 Å². The molecule has 5 nitrogen and oxygen atoms in total. The molecule has 1 N–H and O–H groups in total. The first-order valence-electron chi connectivity index (χ1n) is 11.0. The number of benzene rings is 2. The third-order valence-electron chi connectivity index (χ3n) is 5.40. The summed E-state index contributed by atoms with van der Waals surface area (Å²) in [5, 5.41) is 14.5. The maximum Gasteiger partial charge on any atom is 0.147 e. The van der Waals surface area contributed by atoms with Gasteiger partial charge in [-0.05, 0) is 48.9 Å². The monoisotopic (exact) mass is 474 g/mol. The average Bonchev–Trinajstić information content (AvgIpc) is 3.26. The zero-order chi connectivity index (χ0) is 22.5. The van der Waals surface area contributed by atoms with E-state index in [1.807, 2.05) is 0 Å². The maximum atomic E-state index is 13.5. The van der Waals surface area contributed by atoms with Gasteiger partial charge in [0, 0.05) is 49.8 Å². The van der Waals surface area contributed by atoms with E-state index in [9.17, 15) is 4.39 Å². The molecule has 170 valence electrons. The first-order valence-corrected chi connectivity index (χ1v) is 12.2. The molecule has 4 rings (SSSR count). The number of rotatable bonds is 8. The zero-order valence-corrected chi connectivity index (χ0v) is 19.9. The summed E-state index contributed by atoms with van der Waals surface area (Å²) in [6, 6.07) is 12.7. The Labute approximate surface area is 197 Å². The number of anilines is 1. The highest BCUT2D eigenvalue weighted by Gasteiger charge is 2.22. The standard InChI is InChI=1S/C24H28ClFN4OS/c1-16(2)14-27-15-23-28-29-24(32-23)17-3-6-19(7-4-17)30-11-9-20(10-12-30)31-22-13-18(26)5-8-21(22)25/h3-8,13,16,20,27H,9-12,14-15H2,1-2H3. The van der Waals surface area contributed by atoms with Crippen molar-refractivity contribution < 1.29 is 9.13 Å². The smallest absolute Gasteiger partial charge is 0.147 e. The van der Waals surface area contributed by atoms with Crippen LogP contribution >= 0.6 is 22.9 Å². The van der Waals surface area contributed by atoms with Crippen molar-refractivity contribution in [3.05, 3.63) is 58.3 Å². The van der Waals surface area contributed by atoms with Crippen molar-refractivity contribution in [3.63, 3.8) is 0 Å². The van der Waals surface area contributed by atoms with Gasteiger partial charge < -0.3 is 15.0 Å². The Morgan fingerprint density at radius 3 is 2.62 bits per heavy atom. The third kappa shape index (κ3) is 5.97. The molecular weight excluding hydrogens is 447 g/mol. The molecule has 8 heteroatoms. The van der Waals surface area contributed by atoms with Crippen LogP contribution in [0.25, 0.3) is 10.6 Å². The van der Waals surface area contributed by atoms with Crippen molar-refractivity contribution in [3.8, 4) is 16.3 Å². The van der Waals surface area contributed by atoms with E-state index in [1.165, 1.54) is 23.9 Å². The molecule has 0 amide bonds. The van der Waals surface area contributed by atoms with Crippen molar-refractivity contribution in [2.75, 3.05) is 24.5 Å². The summed E-state index contributed by atoms with van der Waals surface area (Å²) in [5.74, 6) is 0.701. The molecule has 1 fully saturated rings. The minimum absolute atomic E-state index is 0.0361. The fraction of sp³-hybridized carbons (Fsp3) is 0.417. The summed E-state index contributed by atoms with van der Waals surface area (Å²) in [7, 11) is 0. The highest BCUT2D eigenvalue weighted by atomic mass is 35.5. The van der Waals surface area contributed by atoms with Gasteiger partial charge in [0.1, 0.15) is 27.7 Å². The van der Waals surface area contributed by atoms with Crippen molar-refractivity contribution in [2.45, 2.75) is 39.3 Å². The van der Waals surface area contributed by atoms with Crippen LogP contribution in [0.1, 0.15) is 31.7 Å². The number of hydrogen-bond acceptors (Lipinski definition) is 6. The number of hydrogen-bond donors (Lipinski definition) is 1. The van der Waals surface area contributed by atoms with Crippen LogP contribution in [0.5, 0.6) is 5.75 Å². The van der Waals surface area contributed by atoms with Gasteiger partial charge in [-0.15, -0.1) is 10.2 Å². The van der Waals surface area contributed by atoms with E-state index in [1.54, 1.807) is 11.3 Å². The quantitative estimate of drug-likeness (QED) is 0.447. The first kappa shape index (κ1) is 23.0. The predicted octanol–water partition coefficient (Wildman–Crippen LogP) is 5.79. The lowest BCUT2D eigenvalue weighted by Gasteiger charge is -2.34. The lowest BCUT2D eigenvalue weighted by Crippen LogP contribution is -2.38. The van der Waals surface area contributed by atoms with Gasteiger partial charge in [0.15, 0.2) is 0 Å². The minimum atomic E-state index is -0.337. The molecular formula is C24H28ClFN4OS. The summed E-state index contributed by atoms with van der Waals surface area (Å²) in [6.45, 7) is 7.86. The van der Waals surface area contributed by atoms with Crippen LogP contribution in [0.4, 0.5) is 10.1 Å². The highest BCUT2D eigenvalue weighted by Crippen LogP contribution is 2.30. The molecule has 3 aromatic rings. The number of ether oxygens (including phenoxy) is 1. The molecule has 1 aromatic heterocycles. The van der Waals surface area contributed by atoms with Crippen molar-refractivity contribution >= 4 is 28.6 Å². The van der Waals surface area contributed by atoms with Gasteiger partial charge in [-0.3, -0.25) is 0 Å². The van der Waals surface area contributed by atoms with Gasteiger partial charge in [-0.25, -0.2) is 4.39 Å². The van der Waals surface area contributed by atoms with E-state index < -0.39 is 0 Å². The molecule has 0 bridgehead atoms. The van der Waals surface area contributed by atoms with Crippen LogP contribution in [-0.2, 0) is 6.54 Å².